The lowest BCUT2D eigenvalue weighted by Gasteiger charge is -2.00. The fourth-order valence-corrected chi connectivity index (χ4v) is 2.45. The SMILES string of the molecule is C[S@](=O)CSc1ccccc1C#N. The predicted molar refractivity (Wildman–Crippen MR) is 55.9 cm³/mol. The minimum absolute atomic E-state index is 0.540. The van der Waals surface area contributed by atoms with E-state index in [1.54, 1.807) is 12.3 Å². The van der Waals surface area contributed by atoms with Crippen molar-refractivity contribution in [3.63, 3.8) is 0 Å². The van der Waals surface area contributed by atoms with Gasteiger partial charge in [0.2, 0.25) is 0 Å². The fraction of sp³-hybridized carbons (Fsp3) is 0.222. The van der Waals surface area contributed by atoms with Gasteiger partial charge in [0, 0.05) is 22.0 Å². The summed E-state index contributed by atoms with van der Waals surface area (Å²) in [6, 6.07) is 9.44. The average Bonchev–Trinajstić information content (AvgIpc) is 2.15. The molecule has 0 saturated carbocycles. The van der Waals surface area contributed by atoms with Crippen molar-refractivity contribution >= 4 is 22.6 Å². The van der Waals surface area contributed by atoms with Gasteiger partial charge < -0.3 is 0 Å². The van der Waals surface area contributed by atoms with Gasteiger partial charge in [-0.3, -0.25) is 4.21 Å². The Morgan fingerprint density at radius 2 is 2.23 bits per heavy atom. The Balaban J connectivity index is 2.77. The maximum absolute atomic E-state index is 10.8. The third-order valence-corrected chi connectivity index (χ3v) is 3.85. The van der Waals surface area contributed by atoms with Crippen molar-refractivity contribution in [2.75, 3.05) is 11.3 Å². The molecule has 0 aliphatic carbocycles. The van der Waals surface area contributed by atoms with Gasteiger partial charge in [-0.2, -0.15) is 5.26 Å². The second-order valence-electron chi connectivity index (χ2n) is 2.44. The maximum Gasteiger partial charge on any atom is 0.100 e. The van der Waals surface area contributed by atoms with Gasteiger partial charge in [0.05, 0.1) is 10.6 Å². The Labute approximate surface area is 84.4 Å². The normalized spacial score (nSPS) is 12.0. The Morgan fingerprint density at radius 3 is 2.85 bits per heavy atom. The Bertz CT molecular complexity index is 357. The summed E-state index contributed by atoms with van der Waals surface area (Å²) in [5.74, 6) is 0. The molecule has 1 aromatic rings. The lowest BCUT2D eigenvalue weighted by atomic mass is 10.2. The zero-order valence-electron chi connectivity index (χ0n) is 7.19. The van der Waals surface area contributed by atoms with Gasteiger partial charge in [-0.15, -0.1) is 11.8 Å². The van der Waals surface area contributed by atoms with Crippen LogP contribution in [-0.4, -0.2) is 15.5 Å². The first-order valence-corrected chi connectivity index (χ1v) is 6.37. The van der Waals surface area contributed by atoms with Crippen LogP contribution in [0.1, 0.15) is 5.56 Å². The van der Waals surface area contributed by atoms with Crippen molar-refractivity contribution in [3.05, 3.63) is 29.8 Å². The molecule has 0 N–H and O–H groups in total. The van der Waals surface area contributed by atoms with Crippen molar-refractivity contribution in [1.82, 2.24) is 0 Å². The van der Waals surface area contributed by atoms with E-state index < -0.39 is 10.8 Å². The molecule has 0 spiro atoms. The number of hydrogen-bond donors (Lipinski definition) is 0. The fourth-order valence-electron chi connectivity index (χ4n) is 0.831. The molecule has 68 valence electrons. The highest BCUT2D eigenvalue weighted by atomic mass is 32.2. The zero-order valence-corrected chi connectivity index (χ0v) is 8.82. The van der Waals surface area contributed by atoms with Crippen molar-refractivity contribution in [1.29, 1.82) is 5.26 Å². The van der Waals surface area contributed by atoms with Crippen molar-refractivity contribution < 1.29 is 4.21 Å². The summed E-state index contributed by atoms with van der Waals surface area (Å²) >= 11 is 1.46. The molecule has 0 heterocycles. The van der Waals surface area contributed by atoms with Crippen molar-refractivity contribution in [3.8, 4) is 6.07 Å². The lowest BCUT2D eigenvalue weighted by molar-refractivity contribution is 0.689. The molecule has 0 saturated heterocycles. The standard InChI is InChI=1S/C9H9NOS2/c1-13(11)7-12-9-5-3-2-4-8(9)6-10/h2-5H,7H2,1H3/t13-/m0/s1. The molecule has 4 heteroatoms. The van der Waals surface area contributed by atoms with Crippen molar-refractivity contribution in [2.24, 2.45) is 0 Å². The average molecular weight is 211 g/mol. The topological polar surface area (TPSA) is 40.9 Å². The second kappa shape index (κ2) is 5.05. The molecule has 1 atom stereocenters. The molecule has 13 heavy (non-hydrogen) atoms. The zero-order chi connectivity index (χ0) is 9.68. The number of nitrogens with zero attached hydrogens (tertiary/aromatic N) is 1. The van der Waals surface area contributed by atoms with Gasteiger partial charge in [0.1, 0.15) is 6.07 Å². The largest absolute Gasteiger partial charge is 0.259 e. The number of benzene rings is 1. The molecular formula is C9H9NOS2. The molecule has 2 nitrogen and oxygen atoms in total. The molecule has 0 radical (unpaired) electrons. The van der Waals surface area contributed by atoms with Crippen LogP contribution in [-0.2, 0) is 10.8 Å². The van der Waals surface area contributed by atoms with Gasteiger partial charge in [-0.05, 0) is 12.1 Å². The predicted octanol–water partition coefficient (Wildman–Crippen LogP) is 1.99. The van der Waals surface area contributed by atoms with E-state index in [1.165, 1.54) is 11.8 Å². The molecule has 0 bridgehead atoms. The van der Waals surface area contributed by atoms with Crippen LogP contribution in [0, 0.1) is 11.3 Å². The van der Waals surface area contributed by atoms with E-state index in [-0.39, 0.29) is 0 Å². The first-order chi connectivity index (χ1) is 6.24. The summed E-state index contributed by atoms with van der Waals surface area (Å²) in [7, 11) is -0.823. The highest BCUT2D eigenvalue weighted by Gasteiger charge is 2.01. The first kappa shape index (κ1) is 10.3. The van der Waals surface area contributed by atoms with E-state index >= 15 is 0 Å². The molecule has 0 fully saturated rings. The Hall–Kier alpha value is -0.790. The Kier molecular flexibility index (Phi) is 4.00. The quantitative estimate of drug-likeness (QED) is 0.718. The van der Waals surface area contributed by atoms with E-state index in [0.29, 0.717) is 10.6 Å². The number of nitriles is 1. The van der Waals surface area contributed by atoms with Crippen LogP contribution < -0.4 is 0 Å². The van der Waals surface area contributed by atoms with Crippen LogP contribution >= 0.6 is 11.8 Å². The summed E-state index contributed by atoms with van der Waals surface area (Å²) in [6.45, 7) is 0. The van der Waals surface area contributed by atoms with Crippen molar-refractivity contribution in [2.45, 2.75) is 4.90 Å². The van der Waals surface area contributed by atoms with Crippen LogP contribution in [0.2, 0.25) is 0 Å². The van der Waals surface area contributed by atoms with Gasteiger partial charge >= 0.3 is 0 Å². The van der Waals surface area contributed by atoms with Crippen LogP contribution in [0.15, 0.2) is 29.2 Å². The maximum atomic E-state index is 10.8. The monoisotopic (exact) mass is 211 g/mol. The lowest BCUT2D eigenvalue weighted by Crippen LogP contribution is -1.89. The molecule has 1 rings (SSSR count). The molecule has 1 aromatic carbocycles. The van der Waals surface area contributed by atoms with Gasteiger partial charge in [-0.25, -0.2) is 0 Å². The minimum Gasteiger partial charge on any atom is -0.259 e. The Morgan fingerprint density at radius 1 is 1.54 bits per heavy atom. The number of rotatable bonds is 3. The summed E-state index contributed by atoms with van der Waals surface area (Å²) < 4.78 is 10.8. The molecule has 0 aliphatic heterocycles. The first-order valence-electron chi connectivity index (χ1n) is 3.66. The molecule has 0 aromatic heterocycles. The van der Waals surface area contributed by atoms with Gasteiger partial charge in [0.25, 0.3) is 0 Å². The summed E-state index contributed by atoms with van der Waals surface area (Å²) in [5, 5.41) is 9.28. The van der Waals surface area contributed by atoms with Crippen LogP contribution in [0.25, 0.3) is 0 Å². The minimum atomic E-state index is -0.823. The highest BCUT2D eigenvalue weighted by Crippen LogP contribution is 2.21. The van der Waals surface area contributed by atoms with Gasteiger partial charge in [0.15, 0.2) is 0 Å². The summed E-state index contributed by atoms with van der Waals surface area (Å²) in [4.78, 5) is 0.903. The van der Waals surface area contributed by atoms with E-state index in [9.17, 15) is 4.21 Å². The van der Waals surface area contributed by atoms with E-state index in [2.05, 4.69) is 6.07 Å². The molecule has 0 unspecified atom stereocenters. The summed E-state index contributed by atoms with van der Waals surface area (Å²) in [6.07, 6.45) is 1.65. The van der Waals surface area contributed by atoms with Crippen LogP contribution in [0.5, 0.6) is 0 Å². The number of thioether (sulfide) groups is 1. The molecular weight excluding hydrogens is 202 g/mol. The third-order valence-electron chi connectivity index (χ3n) is 1.39. The number of hydrogen-bond acceptors (Lipinski definition) is 3. The summed E-state index contributed by atoms with van der Waals surface area (Å²) in [5.41, 5.74) is 0.651. The van der Waals surface area contributed by atoms with Crippen LogP contribution in [0.4, 0.5) is 0 Å². The highest BCUT2D eigenvalue weighted by molar-refractivity contribution is 8.10. The molecule has 0 amide bonds. The van der Waals surface area contributed by atoms with Gasteiger partial charge in [-0.1, -0.05) is 12.1 Å². The third kappa shape index (κ3) is 3.21. The van der Waals surface area contributed by atoms with E-state index in [4.69, 9.17) is 5.26 Å². The van der Waals surface area contributed by atoms with Crippen LogP contribution in [0.3, 0.4) is 0 Å². The molecule has 0 aliphatic rings. The second-order valence-corrected chi connectivity index (χ2v) is 5.26. The van der Waals surface area contributed by atoms with E-state index in [1.807, 2.05) is 18.2 Å². The van der Waals surface area contributed by atoms with E-state index in [0.717, 1.165) is 4.90 Å². The smallest absolute Gasteiger partial charge is 0.100 e.